The van der Waals surface area contributed by atoms with E-state index in [0.29, 0.717) is 19.4 Å². The monoisotopic (exact) mass is 326 g/mol. The fraction of sp³-hybridized carbons (Fsp3) is 0.800. The van der Waals surface area contributed by atoms with Crippen LogP contribution in [0.3, 0.4) is 0 Å². The van der Waals surface area contributed by atoms with Gasteiger partial charge in [0.2, 0.25) is 0 Å². The Morgan fingerprint density at radius 1 is 0.913 bits per heavy atom. The van der Waals surface area contributed by atoms with Crippen molar-refractivity contribution < 1.29 is 14.9 Å². The summed E-state index contributed by atoms with van der Waals surface area (Å²) in [6.07, 6.45) is 15.6. The van der Waals surface area contributed by atoms with E-state index in [9.17, 15) is 10.2 Å². The van der Waals surface area contributed by atoms with Gasteiger partial charge in [-0.1, -0.05) is 70.6 Å². The number of aliphatic hydroxyl groups excluding tert-OH is 2. The molecule has 0 amide bonds. The molecule has 3 nitrogen and oxygen atoms in total. The van der Waals surface area contributed by atoms with Gasteiger partial charge >= 0.3 is 0 Å². The zero-order valence-corrected chi connectivity index (χ0v) is 15.5. The van der Waals surface area contributed by atoms with Crippen LogP contribution in [0.4, 0.5) is 0 Å². The summed E-state index contributed by atoms with van der Waals surface area (Å²) in [5.41, 5.74) is 1.07. The van der Waals surface area contributed by atoms with Crippen molar-refractivity contribution >= 4 is 0 Å². The number of methoxy groups -OCH3 is 1. The first-order valence-corrected chi connectivity index (χ1v) is 9.34. The van der Waals surface area contributed by atoms with Crippen molar-refractivity contribution in [3.8, 4) is 0 Å². The number of unbranched alkanes of at least 4 members (excludes halogenated alkanes) is 4. The van der Waals surface area contributed by atoms with Crippen LogP contribution in [0, 0.1) is 0 Å². The second kappa shape index (κ2) is 16.2. The molecule has 0 aliphatic rings. The lowest BCUT2D eigenvalue weighted by molar-refractivity contribution is 0.162. The van der Waals surface area contributed by atoms with E-state index in [1.54, 1.807) is 7.11 Å². The molecule has 136 valence electrons. The van der Waals surface area contributed by atoms with E-state index in [-0.39, 0.29) is 12.2 Å². The minimum absolute atomic E-state index is 0.249. The highest BCUT2D eigenvalue weighted by molar-refractivity contribution is 5.19. The molecule has 0 aliphatic carbocycles. The molecule has 0 radical (unpaired) electrons. The largest absolute Gasteiger partial charge is 0.393 e. The lowest BCUT2D eigenvalue weighted by atomic mass is 10.0. The predicted molar refractivity (Wildman–Crippen MR) is 98.6 cm³/mol. The molecule has 2 N–H and O–H groups in total. The van der Waals surface area contributed by atoms with Crippen molar-refractivity contribution in [2.45, 2.75) is 90.3 Å². The maximum Gasteiger partial charge on any atom is 0.0709 e. The number of hydrogen-bond acceptors (Lipinski definition) is 3. The fourth-order valence-corrected chi connectivity index (χ4v) is 2.50. The van der Waals surface area contributed by atoms with Gasteiger partial charge in [-0.15, -0.1) is 0 Å². The molecule has 3 heteroatoms. The standard InChI is InChI=1S/C20H38O3/c1-4-6-8-12-19(21)14-10-11-18(17-23-3)15-16-20(22)13-9-7-5-2/h10-11,15,19-22H,4-9,12-14,16-17H2,1-3H3/b11-10+,18-15+. The van der Waals surface area contributed by atoms with E-state index in [1.807, 2.05) is 12.2 Å². The van der Waals surface area contributed by atoms with Crippen LogP contribution in [-0.4, -0.2) is 36.1 Å². The molecule has 0 aliphatic heterocycles. The maximum absolute atomic E-state index is 9.98. The molecule has 0 spiro atoms. The van der Waals surface area contributed by atoms with Gasteiger partial charge in [-0.25, -0.2) is 0 Å². The molecule has 0 bridgehead atoms. The predicted octanol–water partition coefficient (Wildman–Crippen LogP) is 4.78. The molecule has 2 unspecified atom stereocenters. The smallest absolute Gasteiger partial charge is 0.0709 e. The highest BCUT2D eigenvalue weighted by Crippen LogP contribution is 2.11. The Bertz CT molecular complexity index is 310. The van der Waals surface area contributed by atoms with E-state index in [4.69, 9.17) is 4.74 Å². The summed E-state index contributed by atoms with van der Waals surface area (Å²) in [6.45, 7) is 4.89. The van der Waals surface area contributed by atoms with Crippen molar-refractivity contribution in [1.29, 1.82) is 0 Å². The summed E-state index contributed by atoms with van der Waals surface area (Å²) >= 11 is 0. The van der Waals surface area contributed by atoms with Gasteiger partial charge in [0.1, 0.15) is 0 Å². The van der Waals surface area contributed by atoms with Crippen LogP contribution in [0.2, 0.25) is 0 Å². The number of ether oxygens (including phenoxy) is 1. The lowest BCUT2D eigenvalue weighted by Gasteiger charge is -2.09. The second-order valence-corrected chi connectivity index (χ2v) is 6.39. The third kappa shape index (κ3) is 14.7. The Hall–Kier alpha value is -0.640. The van der Waals surface area contributed by atoms with Crippen LogP contribution in [0.15, 0.2) is 23.8 Å². The van der Waals surface area contributed by atoms with Crippen molar-refractivity contribution in [1.82, 2.24) is 0 Å². The Labute approximate surface area is 143 Å². The van der Waals surface area contributed by atoms with Gasteiger partial charge in [0.05, 0.1) is 18.8 Å². The van der Waals surface area contributed by atoms with Gasteiger partial charge in [0.15, 0.2) is 0 Å². The quantitative estimate of drug-likeness (QED) is 0.336. The minimum Gasteiger partial charge on any atom is -0.393 e. The average molecular weight is 327 g/mol. The van der Waals surface area contributed by atoms with Gasteiger partial charge in [0, 0.05) is 7.11 Å². The van der Waals surface area contributed by atoms with Gasteiger partial charge in [-0.2, -0.15) is 0 Å². The van der Waals surface area contributed by atoms with Crippen LogP contribution < -0.4 is 0 Å². The molecule has 0 aromatic rings. The normalized spacial score (nSPS) is 15.3. The van der Waals surface area contributed by atoms with Crippen LogP contribution in [0.5, 0.6) is 0 Å². The zero-order chi connectivity index (χ0) is 17.3. The topological polar surface area (TPSA) is 49.7 Å². The van der Waals surface area contributed by atoms with E-state index >= 15 is 0 Å². The summed E-state index contributed by atoms with van der Waals surface area (Å²) in [5, 5.41) is 19.9. The lowest BCUT2D eigenvalue weighted by Crippen LogP contribution is -2.06. The average Bonchev–Trinajstić information content (AvgIpc) is 2.53. The Morgan fingerprint density at radius 2 is 1.48 bits per heavy atom. The number of hydrogen-bond donors (Lipinski definition) is 2. The first kappa shape index (κ1) is 22.4. The molecule has 23 heavy (non-hydrogen) atoms. The molecule has 0 aromatic carbocycles. The molecule has 0 aromatic heterocycles. The SMILES string of the molecule is CCCCCC(O)C/C=C/C(=C\CC(O)CCCCC)COC. The summed E-state index contributed by atoms with van der Waals surface area (Å²) in [4.78, 5) is 0. The van der Waals surface area contributed by atoms with Crippen LogP contribution in [0.1, 0.15) is 78.1 Å². The second-order valence-electron chi connectivity index (χ2n) is 6.39. The van der Waals surface area contributed by atoms with Gasteiger partial charge in [-0.3, -0.25) is 0 Å². The van der Waals surface area contributed by atoms with E-state index in [2.05, 4.69) is 19.9 Å². The summed E-state index contributed by atoms with van der Waals surface area (Å²) < 4.78 is 5.21. The molecule has 0 heterocycles. The summed E-state index contributed by atoms with van der Waals surface area (Å²) in [6, 6.07) is 0. The van der Waals surface area contributed by atoms with E-state index in [1.165, 1.54) is 25.7 Å². The van der Waals surface area contributed by atoms with Crippen LogP contribution in [0.25, 0.3) is 0 Å². The highest BCUT2D eigenvalue weighted by atomic mass is 16.5. The molecule has 2 atom stereocenters. The first-order valence-electron chi connectivity index (χ1n) is 9.34. The molecule has 0 rings (SSSR count). The third-order valence-corrected chi connectivity index (χ3v) is 3.99. The fourth-order valence-electron chi connectivity index (χ4n) is 2.50. The Balaban J connectivity index is 4.16. The van der Waals surface area contributed by atoms with E-state index < -0.39 is 0 Å². The number of aliphatic hydroxyl groups is 2. The van der Waals surface area contributed by atoms with E-state index in [0.717, 1.165) is 31.3 Å². The minimum atomic E-state index is -0.263. The van der Waals surface area contributed by atoms with Gasteiger partial charge in [0.25, 0.3) is 0 Å². The maximum atomic E-state index is 9.98. The molecule has 0 saturated heterocycles. The summed E-state index contributed by atoms with van der Waals surface area (Å²) in [5.74, 6) is 0. The van der Waals surface area contributed by atoms with Crippen LogP contribution >= 0.6 is 0 Å². The van der Waals surface area contributed by atoms with Crippen molar-refractivity contribution in [2.75, 3.05) is 13.7 Å². The Kier molecular flexibility index (Phi) is 15.8. The molecular formula is C20H38O3. The zero-order valence-electron chi connectivity index (χ0n) is 15.5. The van der Waals surface area contributed by atoms with Gasteiger partial charge in [-0.05, 0) is 31.3 Å². The Morgan fingerprint density at radius 3 is 2.00 bits per heavy atom. The number of rotatable bonds is 15. The van der Waals surface area contributed by atoms with Crippen molar-refractivity contribution in [3.63, 3.8) is 0 Å². The molecule has 0 saturated carbocycles. The van der Waals surface area contributed by atoms with Crippen LogP contribution in [-0.2, 0) is 4.74 Å². The van der Waals surface area contributed by atoms with Crippen molar-refractivity contribution in [2.24, 2.45) is 0 Å². The van der Waals surface area contributed by atoms with Crippen molar-refractivity contribution in [3.05, 3.63) is 23.8 Å². The molecular weight excluding hydrogens is 288 g/mol. The van der Waals surface area contributed by atoms with Gasteiger partial charge < -0.3 is 14.9 Å². The third-order valence-electron chi connectivity index (χ3n) is 3.99. The highest BCUT2D eigenvalue weighted by Gasteiger charge is 2.03. The summed E-state index contributed by atoms with van der Waals surface area (Å²) in [7, 11) is 1.68. The first-order chi connectivity index (χ1) is 11.1. The molecule has 0 fully saturated rings.